The number of hydrogen-bond donors (Lipinski definition) is 0. The van der Waals surface area contributed by atoms with E-state index in [9.17, 15) is 8.42 Å². The van der Waals surface area contributed by atoms with Crippen LogP contribution in [0.15, 0.2) is 57.8 Å². The summed E-state index contributed by atoms with van der Waals surface area (Å²) in [5.41, 5.74) is 2.81. The van der Waals surface area contributed by atoms with Gasteiger partial charge in [-0.1, -0.05) is 42.0 Å². The predicted molar refractivity (Wildman–Crippen MR) is 77.1 cm³/mol. The summed E-state index contributed by atoms with van der Waals surface area (Å²) < 4.78 is 27.8. The van der Waals surface area contributed by atoms with E-state index < -0.39 is 10.0 Å². The van der Waals surface area contributed by atoms with Crippen LogP contribution in [0.5, 0.6) is 0 Å². The van der Waals surface area contributed by atoms with Crippen LogP contribution < -0.4 is 0 Å². The van der Waals surface area contributed by atoms with E-state index in [1.165, 1.54) is 6.21 Å². The maximum absolute atomic E-state index is 12.0. The highest BCUT2D eigenvalue weighted by Crippen LogP contribution is 2.13. The largest absolute Gasteiger partial charge is 0.282 e. The number of benzene rings is 2. The van der Waals surface area contributed by atoms with E-state index in [1.54, 1.807) is 24.3 Å². The normalized spacial score (nSPS) is 11.9. The van der Waals surface area contributed by atoms with Gasteiger partial charge >= 0.3 is 0 Å². The fraction of sp³-hybridized carbons (Fsp3) is 0.133. The van der Waals surface area contributed by atoms with Crippen molar-refractivity contribution >= 4 is 16.2 Å². The first-order valence-corrected chi connectivity index (χ1v) is 7.36. The zero-order valence-corrected chi connectivity index (χ0v) is 11.7. The Morgan fingerprint density at radius 1 is 0.947 bits per heavy atom. The standard InChI is InChI=1S/C15H15NO2S/c1-12-7-9-15(10-8-12)19(17,18)16-11-14-6-4-3-5-13(14)2/h3-11H,1-2H3/b16-11+. The number of sulfonamides is 1. The second-order valence-electron chi connectivity index (χ2n) is 4.38. The lowest BCUT2D eigenvalue weighted by Gasteiger charge is -2.00. The molecule has 0 aliphatic rings. The topological polar surface area (TPSA) is 46.5 Å². The van der Waals surface area contributed by atoms with Gasteiger partial charge in [0.15, 0.2) is 0 Å². The highest BCUT2D eigenvalue weighted by atomic mass is 32.2. The molecule has 0 spiro atoms. The third-order valence-electron chi connectivity index (χ3n) is 2.84. The highest BCUT2D eigenvalue weighted by molar-refractivity contribution is 7.90. The lowest BCUT2D eigenvalue weighted by molar-refractivity contribution is 0.598. The molecule has 0 aliphatic heterocycles. The molecule has 0 heterocycles. The van der Waals surface area contributed by atoms with Crippen molar-refractivity contribution in [3.05, 3.63) is 65.2 Å². The molecular formula is C15H15NO2S. The Morgan fingerprint density at radius 2 is 1.58 bits per heavy atom. The third kappa shape index (κ3) is 3.29. The molecule has 0 atom stereocenters. The van der Waals surface area contributed by atoms with E-state index in [2.05, 4.69) is 4.40 Å². The second kappa shape index (κ2) is 5.36. The maximum atomic E-state index is 12.0. The van der Waals surface area contributed by atoms with Crippen LogP contribution in [0, 0.1) is 13.8 Å². The number of rotatable bonds is 3. The summed E-state index contributed by atoms with van der Waals surface area (Å²) in [6.07, 6.45) is 1.39. The van der Waals surface area contributed by atoms with Gasteiger partial charge in [-0.25, -0.2) is 0 Å². The molecular weight excluding hydrogens is 258 g/mol. The van der Waals surface area contributed by atoms with Crippen LogP contribution in [-0.4, -0.2) is 14.6 Å². The summed E-state index contributed by atoms with van der Waals surface area (Å²) in [5, 5.41) is 0. The monoisotopic (exact) mass is 273 g/mol. The molecule has 98 valence electrons. The summed E-state index contributed by atoms with van der Waals surface area (Å²) in [5.74, 6) is 0. The summed E-state index contributed by atoms with van der Waals surface area (Å²) in [6, 6.07) is 14.2. The predicted octanol–water partition coefficient (Wildman–Crippen LogP) is 3.11. The van der Waals surface area contributed by atoms with Crippen LogP contribution in [0.25, 0.3) is 0 Å². The fourth-order valence-electron chi connectivity index (χ4n) is 1.63. The minimum absolute atomic E-state index is 0.211. The van der Waals surface area contributed by atoms with Gasteiger partial charge in [-0.2, -0.15) is 12.8 Å². The highest BCUT2D eigenvalue weighted by Gasteiger charge is 2.10. The molecule has 0 unspecified atom stereocenters. The smallest absolute Gasteiger partial charge is 0.199 e. The van der Waals surface area contributed by atoms with Crippen molar-refractivity contribution in [3.8, 4) is 0 Å². The minimum Gasteiger partial charge on any atom is -0.199 e. The SMILES string of the molecule is Cc1ccc(S(=O)(=O)/N=C/c2ccccc2C)cc1. The summed E-state index contributed by atoms with van der Waals surface area (Å²) >= 11 is 0. The van der Waals surface area contributed by atoms with Crippen molar-refractivity contribution < 1.29 is 8.42 Å². The van der Waals surface area contributed by atoms with Crippen LogP contribution in [0.2, 0.25) is 0 Å². The first kappa shape index (κ1) is 13.5. The van der Waals surface area contributed by atoms with Gasteiger partial charge in [-0.05, 0) is 37.1 Å². The molecule has 2 aromatic carbocycles. The van der Waals surface area contributed by atoms with Crippen LogP contribution >= 0.6 is 0 Å². The number of aryl methyl sites for hydroxylation is 2. The summed E-state index contributed by atoms with van der Waals surface area (Å²) in [4.78, 5) is 0.211. The average molecular weight is 273 g/mol. The van der Waals surface area contributed by atoms with E-state index in [0.717, 1.165) is 16.7 Å². The van der Waals surface area contributed by atoms with Gasteiger partial charge < -0.3 is 0 Å². The molecule has 0 radical (unpaired) electrons. The Morgan fingerprint density at radius 3 is 2.21 bits per heavy atom. The fourth-order valence-corrected chi connectivity index (χ4v) is 2.48. The molecule has 2 aromatic rings. The Hall–Kier alpha value is -1.94. The van der Waals surface area contributed by atoms with E-state index in [1.807, 2.05) is 38.1 Å². The van der Waals surface area contributed by atoms with Crippen molar-refractivity contribution in [1.29, 1.82) is 0 Å². The zero-order valence-electron chi connectivity index (χ0n) is 10.9. The van der Waals surface area contributed by atoms with E-state index in [0.29, 0.717) is 0 Å². The molecule has 0 amide bonds. The molecule has 0 saturated heterocycles. The molecule has 3 nitrogen and oxygen atoms in total. The molecule has 0 saturated carbocycles. The van der Waals surface area contributed by atoms with Gasteiger partial charge in [0, 0.05) is 6.21 Å². The van der Waals surface area contributed by atoms with E-state index in [-0.39, 0.29) is 4.90 Å². The third-order valence-corrected chi connectivity index (χ3v) is 4.09. The second-order valence-corrected chi connectivity index (χ2v) is 6.01. The van der Waals surface area contributed by atoms with Crippen LogP contribution in [0.3, 0.4) is 0 Å². The van der Waals surface area contributed by atoms with Crippen LogP contribution in [0.1, 0.15) is 16.7 Å². The first-order chi connectivity index (χ1) is 8.99. The van der Waals surface area contributed by atoms with Crippen molar-refractivity contribution in [3.63, 3.8) is 0 Å². The number of hydrogen-bond acceptors (Lipinski definition) is 2. The molecule has 0 N–H and O–H groups in total. The minimum atomic E-state index is -3.62. The molecule has 0 fully saturated rings. The number of nitrogens with zero attached hydrogens (tertiary/aromatic N) is 1. The summed E-state index contributed by atoms with van der Waals surface area (Å²) in [7, 11) is -3.62. The van der Waals surface area contributed by atoms with Gasteiger partial charge in [0.05, 0.1) is 4.90 Å². The van der Waals surface area contributed by atoms with Crippen LogP contribution in [-0.2, 0) is 10.0 Å². The first-order valence-electron chi connectivity index (χ1n) is 5.92. The Kier molecular flexibility index (Phi) is 3.81. The molecule has 0 aliphatic carbocycles. The Balaban J connectivity index is 2.32. The van der Waals surface area contributed by atoms with Crippen molar-refractivity contribution in [2.75, 3.05) is 0 Å². The maximum Gasteiger partial charge on any atom is 0.282 e. The van der Waals surface area contributed by atoms with Crippen molar-refractivity contribution in [2.45, 2.75) is 18.7 Å². The summed E-state index contributed by atoms with van der Waals surface area (Å²) in [6.45, 7) is 3.83. The van der Waals surface area contributed by atoms with Gasteiger partial charge in [0.1, 0.15) is 0 Å². The Labute approximate surface area is 113 Å². The van der Waals surface area contributed by atoms with Gasteiger partial charge in [-0.15, -0.1) is 0 Å². The molecule has 2 rings (SSSR count). The van der Waals surface area contributed by atoms with Crippen molar-refractivity contribution in [1.82, 2.24) is 0 Å². The van der Waals surface area contributed by atoms with Gasteiger partial charge in [0.25, 0.3) is 10.0 Å². The average Bonchev–Trinajstić information content (AvgIpc) is 2.38. The Bertz CT molecular complexity index is 701. The van der Waals surface area contributed by atoms with Crippen LogP contribution in [0.4, 0.5) is 0 Å². The lowest BCUT2D eigenvalue weighted by Crippen LogP contribution is -1.98. The molecule has 19 heavy (non-hydrogen) atoms. The van der Waals surface area contributed by atoms with E-state index in [4.69, 9.17) is 0 Å². The quantitative estimate of drug-likeness (QED) is 0.807. The van der Waals surface area contributed by atoms with Crippen molar-refractivity contribution in [2.24, 2.45) is 4.40 Å². The molecule has 0 aromatic heterocycles. The van der Waals surface area contributed by atoms with E-state index >= 15 is 0 Å². The zero-order chi connectivity index (χ0) is 13.9. The van der Waals surface area contributed by atoms with Gasteiger partial charge in [0.2, 0.25) is 0 Å². The molecule has 4 heteroatoms. The van der Waals surface area contributed by atoms with Gasteiger partial charge in [-0.3, -0.25) is 0 Å². The lowest BCUT2D eigenvalue weighted by atomic mass is 10.1. The molecule has 0 bridgehead atoms.